The number of morpholine rings is 1. The molecule has 5 heteroatoms. The molecular formula is C14H18F2N2O. The predicted octanol–water partition coefficient (Wildman–Crippen LogP) is 2.11. The third-order valence-electron chi connectivity index (χ3n) is 3.97. The molecule has 0 unspecified atom stereocenters. The monoisotopic (exact) mass is 268 g/mol. The van der Waals surface area contributed by atoms with Crippen LogP contribution in [-0.4, -0.2) is 32.2 Å². The van der Waals surface area contributed by atoms with E-state index in [0.29, 0.717) is 0 Å². The third-order valence-corrected chi connectivity index (χ3v) is 3.97. The lowest BCUT2D eigenvalue weighted by Crippen LogP contribution is -2.55. The lowest BCUT2D eigenvalue weighted by Gasteiger charge is -2.45. The molecule has 104 valence electrons. The summed E-state index contributed by atoms with van der Waals surface area (Å²) in [5, 5.41) is 0. The quantitative estimate of drug-likeness (QED) is 0.892. The molecule has 1 saturated heterocycles. The van der Waals surface area contributed by atoms with Gasteiger partial charge in [-0.1, -0.05) is 12.1 Å². The first-order valence-corrected chi connectivity index (χ1v) is 6.59. The van der Waals surface area contributed by atoms with Crippen LogP contribution in [0.15, 0.2) is 24.3 Å². The van der Waals surface area contributed by atoms with Gasteiger partial charge in [-0.05, 0) is 17.7 Å². The molecule has 3 rings (SSSR count). The molecule has 2 aliphatic rings. The molecule has 1 aliphatic carbocycles. The van der Waals surface area contributed by atoms with E-state index in [-0.39, 0.29) is 12.8 Å². The number of rotatable bonds is 2. The highest BCUT2D eigenvalue weighted by atomic mass is 19.3. The molecule has 2 fully saturated rings. The summed E-state index contributed by atoms with van der Waals surface area (Å²) < 4.78 is 31.3. The molecule has 0 spiro atoms. The fraction of sp³-hybridized carbons (Fsp3) is 0.571. The molecule has 1 heterocycles. The van der Waals surface area contributed by atoms with E-state index in [1.54, 1.807) is 0 Å². The zero-order valence-corrected chi connectivity index (χ0v) is 10.7. The zero-order chi connectivity index (χ0) is 13.5. The van der Waals surface area contributed by atoms with E-state index in [4.69, 9.17) is 10.5 Å². The highest BCUT2D eigenvalue weighted by Crippen LogP contribution is 2.49. The van der Waals surface area contributed by atoms with Gasteiger partial charge in [0, 0.05) is 31.6 Å². The summed E-state index contributed by atoms with van der Waals surface area (Å²) in [6.45, 7) is 3.19. The van der Waals surface area contributed by atoms with Gasteiger partial charge in [0.25, 0.3) is 5.92 Å². The Morgan fingerprint density at radius 3 is 2.16 bits per heavy atom. The Morgan fingerprint density at radius 2 is 1.63 bits per heavy atom. The van der Waals surface area contributed by atoms with Gasteiger partial charge in [-0.15, -0.1) is 0 Å². The minimum Gasteiger partial charge on any atom is -0.378 e. The minimum absolute atomic E-state index is 0.253. The molecule has 19 heavy (non-hydrogen) atoms. The van der Waals surface area contributed by atoms with Crippen molar-refractivity contribution in [2.24, 2.45) is 5.73 Å². The summed E-state index contributed by atoms with van der Waals surface area (Å²) in [7, 11) is 0. The summed E-state index contributed by atoms with van der Waals surface area (Å²) in [5.41, 5.74) is 7.06. The van der Waals surface area contributed by atoms with Gasteiger partial charge in [0.15, 0.2) is 0 Å². The Labute approximate surface area is 111 Å². The van der Waals surface area contributed by atoms with Crippen molar-refractivity contribution in [3.63, 3.8) is 0 Å². The number of benzene rings is 1. The van der Waals surface area contributed by atoms with Gasteiger partial charge in [-0.2, -0.15) is 0 Å². The summed E-state index contributed by atoms with van der Waals surface area (Å²) in [6.07, 6.45) is -0.506. The number of hydrogen-bond acceptors (Lipinski definition) is 3. The molecule has 0 aromatic heterocycles. The highest BCUT2D eigenvalue weighted by molar-refractivity contribution is 5.49. The molecule has 1 saturated carbocycles. The fourth-order valence-corrected chi connectivity index (χ4v) is 2.90. The second-order valence-corrected chi connectivity index (χ2v) is 5.51. The molecule has 1 aliphatic heterocycles. The summed E-state index contributed by atoms with van der Waals surface area (Å²) in [5.74, 6) is -2.60. The van der Waals surface area contributed by atoms with Crippen molar-refractivity contribution < 1.29 is 13.5 Å². The van der Waals surface area contributed by atoms with E-state index in [1.807, 2.05) is 24.3 Å². The van der Waals surface area contributed by atoms with E-state index >= 15 is 0 Å². The average Bonchev–Trinajstić information content (AvgIpc) is 2.38. The number of alkyl halides is 2. The minimum atomic E-state index is -2.60. The highest BCUT2D eigenvalue weighted by Gasteiger charge is 2.55. The number of nitrogens with zero attached hydrogens (tertiary/aromatic N) is 1. The average molecular weight is 268 g/mol. The van der Waals surface area contributed by atoms with Gasteiger partial charge in [0.2, 0.25) is 0 Å². The second-order valence-electron chi connectivity index (χ2n) is 5.51. The number of anilines is 1. The van der Waals surface area contributed by atoms with Crippen LogP contribution in [0.5, 0.6) is 0 Å². The Morgan fingerprint density at radius 1 is 1.05 bits per heavy atom. The smallest absolute Gasteiger partial charge is 0.252 e. The number of nitrogens with two attached hydrogens (primary N) is 1. The largest absolute Gasteiger partial charge is 0.378 e. The van der Waals surface area contributed by atoms with Crippen LogP contribution in [0.4, 0.5) is 14.5 Å². The topological polar surface area (TPSA) is 38.5 Å². The Kier molecular flexibility index (Phi) is 2.98. The van der Waals surface area contributed by atoms with Crippen molar-refractivity contribution in [2.45, 2.75) is 24.3 Å². The van der Waals surface area contributed by atoms with Crippen molar-refractivity contribution in [3.8, 4) is 0 Å². The van der Waals surface area contributed by atoms with E-state index in [0.717, 1.165) is 37.6 Å². The van der Waals surface area contributed by atoms with Gasteiger partial charge in [-0.25, -0.2) is 8.78 Å². The summed E-state index contributed by atoms with van der Waals surface area (Å²) in [4.78, 5) is 2.23. The normalized spacial score (nSPS) is 24.9. The van der Waals surface area contributed by atoms with Crippen LogP contribution in [-0.2, 0) is 10.3 Å². The molecule has 1 aromatic carbocycles. The van der Waals surface area contributed by atoms with Crippen LogP contribution >= 0.6 is 0 Å². The van der Waals surface area contributed by atoms with E-state index in [1.165, 1.54) is 0 Å². The second kappa shape index (κ2) is 4.42. The maximum Gasteiger partial charge on any atom is 0.252 e. The van der Waals surface area contributed by atoms with Crippen LogP contribution in [0.1, 0.15) is 18.4 Å². The van der Waals surface area contributed by atoms with Crippen molar-refractivity contribution >= 4 is 5.69 Å². The van der Waals surface area contributed by atoms with Gasteiger partial charge in [-0.3, -0.25) is 0 Å². The molecule has 3 nitrogen and oxygen atoms in total. The predicted molar refractivity (Wildman–Crippen MR) is 69.5 cm³/mol. The maximum atomic E-state index is 13.0. The Balaban J connectivity index is 1.72. The van der Waals surface area contributed by atoms with Gasteiger partial charge < -0.3 is 15.4 Å². The van der Waals surface area contributed by atoms with E-state index < -0.39 is 11.5 Å². The molecule has 0 atom stereocenters. The van der Waals surface area contributed by atoms with Gasteiger partial charge in [0.05, 0.1) is 18.8 Å². The standard InChI is InChI=1S/C14H18F2N2O/c15-14(16)9-13(17,10-14)11-1-3-12(4-2-11)18-5-7-19-8-6-18/h1-4H,5-10,17H2. The van der Waals surface area contributed by atoms with Crippen LogP contribution in [0.2, 0.25) is 0 Å². The SMILES string of the molecule is NC1(c2ccc(N3CCOCC3)cc2)CC(F)(F)C1. The molecule has 0 bridgehead atoms. The van der Waals surface area contributed by atoms with Crippen LogP contribution in [0.3, 0.4) is 0 Å². The molecule has 2 N–H and O–H groups in total. The molecular weight excluding hydrogens is 250 g/mol. The number of ether oxygens (including phenoxy) is 1. The summed E-state index contributed by atoms with van der Waals surface area (Å²) >= 11 is 0. The lowest BCUT2D eigenvalue weighted by atomic mass is 9.70. The van der Waals surface area contributed by atoms with Gasteiger partial charge >= 0.3 is 0 Å². The van der Waals surface area contributed by atoms with Crippen molar-refractivity contribution in [2.75, 3.05) is 31.2 Å². The number of hydrogen-bond donors (Lipinski definition) is 1. The van der Waals surface area contributed by atoms with Crippen molar-refractivity contribution in [1.82, 2.24) is 0 Å². The fourth-order valence-electron chi connectivity index (χ4n) is 2.90. The third kappa shape index (κ3) is 2.44. The van der Waals surface area contributed by atoms with Crippen LogP contribution in [0, 0.1) is 0 Å². The molecule has 0 amide bonds. The van der Waals surface area contributed by atoms with Crippen LogP contribution in [0.25, 0.3) is 0 Å². The maximum absolute atomic E-state index is 13.0. The first-order chi connectivity index (χ1) is 8.99. The first-order valence-electron chi connectivity index (χ1n) is 6.59. The first kappa shape index (κ1) is 12.8. The van der Waals surface area contributed by atoms with E-state index in [2.05, 4.69) is 4.90 Å². The summed E-state index contributed by atoms with van der Waals surface area (Å²) in [6, 6.07) is 7.68. The van der Waals surface area contributed by atoms with Crippen LogP contribution < -0.4 is 10.6 Å². The van der Waals surface area contributed by atoms with Crippen molar-refractivity contribution in [1.29, 1.82) is 0 Å². The molecule has 1 aromatic rings. The number of halogens is 2. The van der Waals surface area contributed by atoms with E-state index in [9.17, 15) is 8.78 Å². The Bertz CT molecular complexity index is 447. The Hall–Kier alpha value is -1.20. The zero-order valence-electron chi connectivity index (χ0n) is 10.7. The van der Waals surface area contributed by atoms with Gasteiger partial charge in [0.1, 0.15) is 0 Å². The van der Waals surface area contributed by atoms with Crippen molar-refractivity contribution in [3.05, 3.63) is 29.8 Å². The molecule has 0 radical (unpaired) electrons. The lowest BCUT2D eigenvalue weighted by molar-refractivity contribution is -0.125.